The van der Waals surface area contributed by atoms with Gasteiger partial charge in [0, 0.05) is 25.8 Å². The van der Waals surface area contributed by atoms with E-state index in [1.165, 1.54) is 6.20 Å². The summed E-state index contributed by atoms with van der Waals surface area (Å²) in [6, 6.07) is 11.3. The van der Waals surface area contributed by atoms with Gasteiger partial charge in [-0.1, -0.05) is 6.07 Å². The zero-order valence-corrected chi connectivity index (χ0v) is 13.5. The van der Waals surface area contributed by atoms with Crippen LogP contribution in [0.15, 0.2) is 36.5 Å². The number of carbonyl (C=O) groups excluding carboxylic acids is 1. The van der Waals surface area contributed by atoms with Gasteiger partial charge in [0.2, 0.25) is 12.7 Å². The topological polar surface area (TPSA) is 78.7 Å². The van der Waals surface area contributed by atoms with Gasteiger partial charge in [-0.3, -0.25) is 4.79 Å². The molecule has 0 N–H and O–H groups in total. The molecule has 3 heterocycles. The molecule has 126 valence electrons. The van der Waals surface area contributed by atoms with Crippen LogP contribution in [-0.2, 0) is 11.3 Å². The lowest BCUT2D eigenvalue weighted by molar-refractivity contribution is -0.131. The Bertz CT molecular complexity index is 844. The summed E-state index contributed by atoms with van der Waals surface area (Å²) in [7, 11) is 0. The Morgan fingerprint density at radius 2 is 2.04 bits per heavy atom. The maximum atomic E-state index is 12.5. The number of hydrogen-bond acceptors (Lipinski definition) is 6. The largest absolute Gasteiger partial charge is 0.454 e. The minimum Gasteiger partial charge on any atom is -0.454 e. The van der Waals surface area contributed by atoms with Gasteiger partial charge in [0.15, 0.2) is 11.5 Å². The molecule has 2 aromatic rings. The highest BCUT2D eigenvalue weighted by molar-refractivity contribution is 5.82. The number of rotatable bonds is 3. The minimum absolute atomic E-state index is 0.0510. The first-order chi connectivity index (χ1) is 12.2. The summed E-state index contributed by atoms with van der Waals surface area (Å²) >= 11 is 0. The Morgan fingerprint density at radius 1 is 1.16 bits per heavy atom. The molecule has 0 unspecified atom stereocenters. The van der Waals surface area contributed by atoms with Crippen LogP contribution in [0.4, 0.5) is 5.82 Å². The highest BCUT2D eigenvalue weighted by Gasteiger charge is 2.25. The number of piperazine rings is 1. The van der Waals surface area contributed by atoms with Gasteiger partial charge in [-0.25, -0.2) is 4.98 Å². The summed E-state index contributed by atoms with van der Waals surface area (Å²) in [6.45, 7) is 2.39. The quantitative estimate of drug-likeness (QED) is 0.846. The number of nitriles is 1. The molecule has 0 radical (unpaired) electrons. The number of fused-ring (bicyclic) bond motifs is 1. The van der Waals surface area contributed by atoms with Crippen LogP contribution < -0.4 is 14.4 Å². The average Bonchev–Trinajstić information content (AvgIpc) is 3.11. The molecule has 2 aliphatic rings. The first-order valence-electron chi connectivity index (χ1n) is 8.00. The van der Waals surface area contributed by atoms with Crippen molar-refractivity contribution in [2.24, 2.45) is 0 Å². The van der Waals surface area contributed by atoms with E-state index in [9.17, 15) is 4.79 Å². The Labute approximate surface area is 145 Å². The molecule has 1 fully saturated rings. The first-order valence-corrected chi connectivity index (χ1v) is 8.00. The summed E-state index contributed by atoms with van der Waals surface area (Å²) in [5.41, 5.74) is 1.53. The number of pyridine rings is 1. The molecular weight excluding hydrogens is 320 g/mol. The van der Waals surface area contributed by atoms with Crippen molar-refractivity contribution in [2.45, 2.75) is 6.54 Å². The Balaban J connectivity index is 1.41. The van der Waals surface area contributed by atoms with Crippen molar-refractivity contribution in [3.63, 3.8) is 0 Å². The van der Waals surface area contributed by atoms with Crippen molar-refractivity contribution < 1.29 is 14.3 Å². The van der Waals surface area contributed by atoms with E-state index in [1.807, 2.05) is 34.1 Å². The molecule has 0 atom stereocenters. The summed E-state index contributed by atoms with van der Waals surface area (Å²) in [5, 5.41) is 8.83. The van der Waals surface area contributed by atoms with Crippen molar-refractivity contribution >= 4 is 11.7 Å². The van der Waals surface area contributed by atoms with E-state index < -0.39 is 0 Å². The van der Waals surface area contributed by atoms with Crippen LogP contribution in [0.5, 0.6) is 11.5 Å². The molecular formula is C18H16N4O3. The van der Waals surface area contributed by atoms with E-state index >= 15 is 0 Å². The zero-order chi connectivity index (χ0) is 17.2. The normalized spacial score (nSPS) is 16.0. The predicted octanol–water partition coefficient (Wildman–Crippen LogP) is 1.53. The van der Waals surface area contributed by atoms with Crippen molar-refractivity contribution in [1.82, 2.24) is 9.88 Å². The number of ether oxygens (including phenoxy) is 2. The van der Waals surface area contributed by atoms with Crippen LogP contribution in [0.2, 0.25) is 0 Å². The molecule has 1 aromatic carbocycles. The average molecular weight is 336 g/mol. The smallest absolute Gasteiger partial charge is 0.242 e. The summed E-state index contributed by atoms with van der Waals surface area (Å²) in [4.78, 5) is 20.5. The number of benzene rings is 1. The number of hydrogen-bond donors (Lipinski definition) is 0. The third-order valence-electron chi connectivity index (χ3n) is 4.33. The maximum absolute atomic E-state index is 12.5. The molecule has 0 saturated carbocycles. The first kappa shape index (κ1) is 15.3. The van der Waals surface area contributed by atoms with Crippen molar-refractivity contribution in [3.05, 3.63) is 47.7 Å². The fourth-order valence-electron chi connectivity index (χ4n) is 2.97. The van der Waals surface area contributed by atoms with Gasteiger partial charge in [-0.05, 0) is 29.8 Å². The molecule has 1 aromatic heterocycles. The fourth-order valence-corrected chi connectivity index (χ4v) is 2.97. The molecule has 2 aliphatic heterocycles. The van der Waals surface area contributed by atoms with E-state index in [0.717, 1.165) is 22.9 Å². The van der Waals surface area contributed by atoms with Crippen LogP contribution in [0.25, 0.3) is 0 Å². The van der Waals surface area contributed by atoms with Gasteiger partial charge >= 0.3 is 0 Å². The second kappa shape index (κ2) is 6.32. The molecule has 0 aliphatic carbocycles. The van der Waals surface area contributed by atoms with E-state index in [1.54, 1.807) is 12.1 Å². The molecule has 0 bridgehead atoms. The molecule has 7 nitrogen and oxygen atoms in total. The van der Waals surface area contributed by atoms with Gasteiger partial charge in [0.05, 0.1) is 12.1 Å². The highest BCUT2D eigenvalue weighted by Crippen LogP contribution is 2.33. The van der Waals surface area contributed by atoms with E-state index in [0.29, 0.717) is 25.2 Å². The van der Waals surface area contributed by atoms with Gasteiger partial charge in [-0.15, -0.1) is 0 Å². The summed E-state index contributed by atoms with van der Waals surface area (Å²) < 4.78 is 10.7. The molecule has 0 spiro atoms. The fraction of sp³-hybridized carbons (Fsp3) is 0.278. The Morgan fingerprint density at radius 3 is 2.80 bits per heavy atom. The van der Waals surface area contributed by atoms with Crippen LogP contribution in [-0.4, -0.2) is 42.2 Å². The van der Waals surface area contributed by atoms with Crippen molar-refractivity contribution in [3.8, 4) is 17.6 Å². The summed E-state index contributed by atoms with van der Waals surface area (Å²) in [6.07, 6.45) is 1.53. The van der Waals surface area contributed by atoms with Gasteiger partial charge in [0.25, 0.3) is 0 Å². The van der Waals surface area contributed by atoms with Crippen LogP contribution in [0, 0.1) is 11.3 Å². The molecule has 1 amide bonds. The summed E-state index contributed by atoms with van der Waals surface area (Å²) in [5.74, 6) is 2.24. The van der Waals surface area contributed by atoms with Gasteiger partial charge < -0.3 is 19.3 Å². The highest BCUT2D eigenvalue weighted by atomic mass is 16.7. The second-order valence-corrected chi connectivity index (χ2v) is 5.94. The lowest BCUT2D eigenvalue weighted by Crippen LogP contribution is -2.50. The SMILES string of the molecule is N#Cc1ccc(N2CCN(Cc3ccc4c(c3)OCO4)C(=O)C2)nc1. The maximum Gasteiger partial charge on any atom is 0.242 e. The van der Waals surface area contributed by atoms with Gasteiger partial charge in [0.1, 0.15) is 11.9 Å². The van der Waals surface area contributed by atoms with E-state index in [2.05, 4.69) is 4.98 Å². The predicted molar refractivity (Wildman–Crippen MR) is 89.1 cm³/mol. The number of nitrogens with zero attached hydrogens (tertiary/aromatic N) is 4. The minimum atomic E-state index is 0.0510. The molecule has 7 heteroatoms. The van der Waals surface area contributed by atoms with Crippen LogP contribution in [0.1, 0.15) is 11.1 Å². The number of amides is 1. The van der Waals surface area contributed by atoms with Crippen molar-refractivity contribution in [2.75, 3.05) is 31.3 Å². The second-order valence-electron chi connectivity index (χ2n) is 5.94. The molecule has 1 saturated heterocycles. The van der Waals surface area contributed by atoms with E-state index in [-0.39, 0.29) is 19.2 Å². The van der Waals surface area contributed by atoms with Crippen LogP contribution in [0.3, 0.4) is 0 Å². The monoisotopic (exact) mass is 336 g/mol. The Hall–Kier alpha value is -3.27. The third-order valence-corrected chi connectivity index (χ3v) is 4.33. The number of anilines is 1. The van der Waals surface area contributed by atoms with Crippen LogP contribution >= 0.6 is 0 Å². The van der Waals surface area contributed by atoms with E-state index in [4.69, 9.17) is 14.7 Å². The lowest BCUT2D eigenvalue weighted by Gasteiger charge is -2.35. The molecule has 25 heavy (non-hydrogen) atoms. The van der Waals surface area contributed by atoms with Gasteiger partial charge in [-0.2, -0.15) is 5.26 Å². The van der Waals surface area contributed by atoms with Crippen molar-refractivity contribution in [1.29, 1.82) is 5.26 Å². The third kappa shape index (κ3) is 3.06. The molecule has 4 rings (SSSR count). The number of carbonyl (C=O) groups is 1. The number of aromatic nitrogens is 1. The lowest BCUT2D eigenvalue weighted by atomic mass is 10.1. The Kier molecular flexibility index (Phi) is 3.86. The standard InChI is InChI=1S/C18H16N4O3/c19-8-14-2-4-17(20-9-14)21-5-6-22(18(23)11-21)10-13-1-3-15-16(7-13)25-12-24-15/h1-4,7,9H,5-6,10-12H2. The zero-order valence-electron chi connectivity index (χ0n) is 13.5.